The maximum atomic E-state index is 12.6. The number of nitrogens with one attached hydrogen (secondary N) is 2. The van der Waals surface area contributed by atoms with Crippen molar-refractivity contribution >= 4 is 11.8 Å². The molecule has 0 aliphatic heterocycles. The maximum Gasteiger partial charge on any atom is 0.416 e. The normalized spacial score (nSPS) is 10.8. The van der Waals surface area contributed by atoms with E-state index in [0.29, 0.717) is 5.75 Å². The average Bonchev–Trinajstić information content (AvgIpc) is 2.64. The van der Waals surface area contributed by atoms with E-state index in [9.17, 15) is 22.8 Å². The van der Waals surface area contributed by atoms with Gasteiger partial charge in [0.1, 0.15) is 11.5 Å². The molecule has 2 aromatic rings. The van der Waals surface area contributed by atoms with Crippen molar-refractivity contribution in [2.45, 2.75) is 6.18 Å². The molecule has 26 heavy (non-hydrogen) atoms. The Morgan fingerprint density at radius 2 is 1.77 bits per heavy atom. The highest BCUT2D eigenvalue weighted by molar-refractivity contribution is 5.97. The van der Waals surface area contributed by atoms with Gasteiger partial charge in [-0.15, -0.1) is 0 Å². The van der Waals surface area contributed by atoms with Crippen molar-refractivity contribution in [2.24, 2.45) is 0 Å². The fourth-order valence-electron chi connectivity index (χ4n) is 1.97. The second-order valence-corrected chi connectivity index (χ2v) is 5.02. The number of rotatable bonds is 5. The Morgan fingerprint density at radius 3 is 2.46 bits per heavy atom. The van der Waals surface area contributed by atoms with Gasteiger partial charge >= 0.3 is 6.18 Å². The number of para-hydroxylation sites is 1. The first-order chi connectivity index (χ1) is 12.3. The van der Waals surface area contributed by atoms with E-state index in [4.69, 9.17) is 9.47 Å². The molecule has 0 aliphatic carbocycles. The van der Waals surface area contributed by atoms with Crippen molar-refractivity contribution < 1.29 is 32.2 Å². The van der Waals surface area contributed by atoms with Gasteiger partial charge in [-0.25, -0.2) is 0 Å². The van der Waals surface area contributed by atoms with Gasteiger partial charge in [0.15, 0.2) is 6.61 Å². The molecular formula is C17H15F3N2O4. The molecule has 2 amide bonds. The molecule has 0 radical (unpaired) electrons. The lowest BCUT2D eigenvalue weighted by Crippen LogP contribution is -2.43. The van der Waals surface area contributed by atoms with Crippen LogP contribution in [0.3, 0.4) is 0 Å². The summed E-state index contributed by atoms with van der Waals surface area (Å²) in [6.45, 7) is -0.576. The summed E-state index contributed by atoms with van der Waals surface area (Å²) in [5.74, 6) is -1.16. The quantitative estimate of drug-likeness (QED) is 0.796. The number of benzene rings is 2. The van der Waals surface area contributed by atoms with E-state index in [1.807, 2.05) is 0 Å². The number of methoxy groups -OCH3 is 1. The minimum Gasteiger partial charge on any atom is -0.496 e. The van der Waals surface area contributed by atoms with Crippen LogP contribution in [0.1, 0.15) is 15.9 Å². The molecule has 0 aromatic heterocycles. The van der Waals surface area contributed by atoms with Gasteiger partial charge in [0.05, 0.1) is 18.2 Å². The topological polar surface area (TPSA) is 76.7 Å². The number of carbonyl (C=O) groups is 2. The van der Waals surface area contributed by atoms with Gasteiger partial charge < -0.3 is 9.47 Å². The number of halogens is 3. The number of hydrazine groups is 1. The zero-order chi connectivity index (χ0) is 19.2. The zero-order valence-electron chi connectivity index (χ0n) is 13.6. The average molecular weight is 368 g/mol. The molecule has 0 saturated carbocycles. The molecule has 0 saturated heterocycles. The van der Waals surface area contributed by atoms with E-state index < -0.39 is 30.2 Å². The summed E-state index contributed by atoms with van der Waals surface area (Å²) >= 11 is 0. The molecule has 0 atom stereocenters. The monoisotopic (exact) mass is 368 g/mol. The summed E-state index contributed by atoms with van der Waals surface area (Å²) in [7, 11) is 1.40. The van der Waals surface area contributed by atoms with Crippen molar-refractivity contribution in [2.75, 3.05) is 13.7 Å². The Morgan fingerprint density at radius 1 is 1.04 bits per heavy atom. The number of carbonyl (C=O) groups excluding carboxylic acids is 2. The number of ether oxygens (including phenoxy) is 2. The van der Waals surface area contributed by atoms with Crippen LogP contribution in [0.25, 0.3) is 0 Å². The SMILES string of the molecule is COc1ccccc1C(=O)NNC(=O)COc1cccc(C(F)(F)F)c1. The summed E-state index contributed by atoms with van der Waals surface area (Å²) < 4.78 is 47.8. The van der Waals surface area contributed by atoms with Gasteiger partial charge in [-0.1, -0.05) is 18.2 Å². The summed E-state index contributed by atoms with van der Waals surface area (Å²) in [5.41, 5.74) is 3.59. The van der Waals surface area contributed by atoms with Gasteiger partial charge in [-0.3, -0.25) is 20.4 Å². The summed E-state index contributed by atoms with van der Waals surface area (Å²) in [6.07, 6.45) is -4.51. The number of amides is 2. The maximum absolute atomic E-state index is 12.6. The second kappa shape index (κ2) is 8.24. The van der Waals surface area contributed by atoms with E-state index >= 15 is 0 Å². The predicted molar refractivity (Wildman–Crippen MR) is 85.5 cm³/mol. The lowest BCUT2D eigenvalue weighted by molar-refractivity contribution is -0.137. The van der Waals surface area contributed by atoms with Crippen molar-refractivity contribution in [1.82, 2.24) is 10.9 Å². The van der Waals surface area contributed by atoms with Crippen LogP contribution in [0.5, 0.6) is 11.5 Å². The van der Waals surface area contributed by atoms with E-state index in [1.165, 1.54) is 25.3 Å². The Kier molecular flexibility index (Phi) is 6.05. The molecule has 0 aliphatic rings. The van der Waals surface area contributed by atoms with Gasteiger partial charge in [0.2, 0.25) is 0 Å². The van der Waals surface area contributed by atoms with Crippen LogP contribution in [-0.4, -0.2) is 25.5 Å². The first kappa shape index (κ1) is 19.1. The smallest absolute Gasteiger partial charge is 0.416 e. The molecular weight excluding hydrogens is 353 g/mol. The summed E-state index contributed by atoms with van der Waals surface area (Å²) in [4.78, 5) is 23.7. The molecule has 0 spiro atoms. The Bertz CT molecular complexity index is 794. The highest BCUT2D eigenvalue weighted by Crippen LogP contribution is 2.31. The predicted octanol–water partition coefficient (Wildman–Crippen LogP) is 2.55. The van der Waals surface area contributed by atoms with Crippen LogP contribution in [0, 0.1) is 0 Å². The third-order valence-corrected chi connectivity index (χ3v) is 3.20. The van der Waals surface area contributed by atoms with E-state index in [0.717, 1.165) is 12.1 Å². The van der Waals surface area contributed by atoms with Gasteiger partial charge in [0, 0.05) is 0 Å². The van der Waals surface area contributed by atoms with Crippen LogP contribution < -0.4 is 20.3 Å². The molecule has 2 aromatic carbocycles. The molecule has 138 valence electrons. The minimum atomic E-state index is -4.51. The van der Waals surface area contributed by atoms with Crippen molar-refractivity contribution in [1.29, 1.82) is 0 Å². The van der Waals surface area contributed by atoms with Crippen molar-refractivity contribution in [3.8, 4) is 11.5 Å². The zero-order valence-corrected chi connectivity index (χ0v) is 13.6. The number of alkyl halides is 3. The molecule has 0 fully saturated rings. The molecule has 6 nitrogen and oxygen atoms in total. The molecule has 2 N–H and O–H groups in total. The van der Waals surface area contributed by atoms with E-state index in [-0.39, 0.29) is 11.3 Å². The lowest BCUT2D eigenvalue weighted by Gasteiger charge is -2.12. The Hall–Kier alpha value is -3.23. The van der Waals surface area contributed by atoms with Crippen molar-refractivity contribution in [3.63, 3.8) is 0 Å². The van der Waals surface area contributed by atoms with Crippen LogP contribution in [-0.2, 0) is 11.0 Å². The fourth-order valence-corrected chi connectivity index (χ4v) is 1.97. The minimum absolute atomic E-state index is 0.119. The number of hydrogen-bond donors (Lipinski definition) is 2. The number of hydrogen-bond acceptors (Lipinski definition) is 4. The Labute approximate surface area is 146 Å². The molecule has 0 heterocycles. The highest BCUT2D eigenvalue weighted by Gasteiger charge is 2.30. The standard InChI is InChI=1S/C17H15F3N2O4/c1-25-14-8-3-2-7-13(14)16(24)22-21-15(23)10-26-12-6-4-5-11(9-12)17(18,19)20/h2-9H,10H2,1H3,(H,21,23)(H,22,24). The van der Waals surface area contributed by atoms with Gasteiger partial charge in [-0.05, 0) is 30.3 Å². The first-order valence-corrected chi connectivity index (χ1v) is 7.33. The Balaban J connectivity index is 1.87. The van der Waals surface area contributed by atoms with E-state index in [2.05, 4.69) is 10.9 Å². The molecule has 0 bridgehead atoms. The third-order valence-electron chi connectivity index (χ3n) is 3.20. The summed E-state index contributed by atoms with van der Waals surface area (Å²) in [6, 6.07) is 10.5. The van der Waals surface area contributed by atoms with Crippen LogP contribution in [0.4, 0.5) is 13.2 Å². The fraction of sp³-hybridized carbons (Fsp3) is 0.176. The van der Waals surface area contributed by atoms with E-state index in [1.54, 1.807) is 18.2 Å². The second-order valence-electron chi connectivity index (χ2n) is 5.02. The third kappa shape index (κ3) is 5.13. The van der Waals surface area contributed by atoms with Gasteiger partial charge in [0.25, 0.3) is 11.8 Å². The highest BCUT2D eigenvalue weighted by atomic mass is 19.4. The lowest BCUT2D eigenvalue weighted by atomic mass is 10.2. The summed E-state index contributed by atoms with van der Waals surface area (Å²) in [5, 5.41) is 0. The van der Waals surface area contributed by atoms with Crippen molar-refractivity contribution in [3.05, 3.63) is 59.7 Å². The molecule has 2 rings (SSSR count). The molecule has 9 heteroatoms. The largest absolute Gasteiger partial charge is 0.496 e. The van der Waals surface area contributed by atoms with Crippen LogP contribution in [0.15, 0.2) is 48.5 Å². The molecule has 0 unspecified atom stereocenters. The van der Waals surface area contributed by atoms with Gasteiger partial charge in [-0.2, -0.15) is 13.2 Å². The van der Waals surface area contributed by atoms with Crippen LogP contribution in [0.2, 0.25) is 0 Å². The first-order valence-electron chi connectivity index (χ1n) is 7.33. The van der Waals surface area contributed by atoms with Crippen LogP contribution >= 0.6 is 0 Å².